The topological polar surface area (TPSA) is 78.7 Å². The largest absolute Gasteiger partial charge is 0.341 e. The van der Waals surface area contributed by atoms with Gasteiger partial charge in [-0.25, -0.2) is 9.97 Å². The lowest BCUT2D eigenvalue weighted by atomic mass is 10.1. The summed E-state index contributed by atoms with van der Waals surface area (Å²) >= 11 is 1.50. The number of hydrogen-bond acceptors (Lipinski definition) is 5. The number of nitrogens with one attached hydrogen (secondary N) is 1. The Morgan fingerprint density at radius 1 is 1.42 bits per heavy atom. The van der Waals surface area contributed by atoms with E-state index in [2.05, 4.69) is 15.3 Å². The number of nitrogens with zero attached hydrogens (tertiary/aromatic N) is 3. The van der Waals surface area contributed by atoms with E-state index < -0.39 is 6.04 Å². The van der Waals surface area contributed by atoms with Crippen molar-refractivity contribution in [3.05, 3.63) is 17.0 Å². The van der Waals surface area contributed by atoms with Gasteiger partial charge in [-0.05, 0) is 39.0 Å². The Morgan fingerprint density at radius 2 is 2.00 bits per heavy atom. The molecule has 0 fully saturated rings. The molecule has 6 heteroatoms. The van der Waals surface area contributed by atoms with Gasteiger partial charge in [0.25, 0.3) is 0 Å². The van der Waals surface area contributed by atoms with Gasteiger partial charge in [-0.1, -0.05) is 11.8 Å². The van der Waals surface area contributed by atoms with Crippen molar-refractivity contribution >= 4 is 17.7 Å². The summed E-state index contributed by atoms with van der Waals surface area (Å²) in [5.41, 5.74) is 2.84. The second-order valence-electron chi connectivity index (χ2n) is 4.28. The monoisotopic (exact) mass is 278 g/mol. The Bertz CT molecular complexity index is 487. The molecule has 0 spiro atoms. The van der Waals surface area contributed by atoms with E-state index in [9.17, 15) is 4.79 Å². The average molecular weight is 278 g/mol. The van der Waals surface area contributed by atoms with Gasteiger partial charge in [-0.15, -0.1) is 0 Å². The van der Waals surface area contributed by atoms with Crippen LogP contribution in [0, 0.1) is 25.2 Å². The molecule has 1 unspecified atom stereocenters. The summed E-state index contributed by atoms with van der Waals surface area (Å²) in [6.45, 7) is 5.52. The first-order valence-electron chi connectivity index (χ1n) is 6.05. The predicted octanol–water partition coefficient (Wildman–Crippen LogP) is 1.78. The van der Waals surface area contributed by atoms with Gasteiger partial charge in [0, 0.05) is 17.8 Å². The minimum atomic E-state index is -0.454. The van der Waals surface area contributed by atoms with E-state index in [4.69, 9.17) is 5.26 Å². The van der Waals surface area contributed by atoms with Gasteiger partial charge in [-0.3, -0.25) is 4.79 Å². The zero-order valence-electron chi connectivity index (χ0n) is 11.6. The first kappa shape index (κ1) is 15.4. The van der Waals surface area contributed by atoms with Crippen molar-refractivity contribution in [1.29, 1.82) is 5.26 Å². The van der Waals surface area contributed by atoms with Crippen LogP contribution in [0.4, 0.5) is 0 Å². The lowest BCUT2D eigenvalue weighted by molar-refractivity contribution is -0.121. The van der Waals surface area contributed by atoms with Crippen LogP contribution >= 0.6 is 11.8 Å². The van der Waals surface area contributed by atoms with Crippen molar-refractivity contribution < 1.29 is 4.79 Å². The maximum atomic E-state index is 11.6. The Balaban J connectivity index is 2.68. The molecule has 1 aromatic rings. The molecule has 1 amide bonds. The Labute approximate surface area is 117 Å². The predicted molar refractivity (Wildman–Crippen MR) is 74.8 cm³/mol. The number of hydrogen-bond donors (Lipinski definition) is 1. The van der Waals surface area contributed by atoms with Crippen LogP contribution in [0.15, 0.2) is 5.16 Å². The molecule has 0 bridgehead atoms. The summed E-state index contributed by atoms with van der Waals surface area (Å²) in [6.07, 6.45) is 2.87. The van der Waals surface area contributed by atoms with Gasteiger partial charge >= 0.3 is 0 Å². The molecule has 0 saturated carbocycles. The molecule has 1 rings (SSSR count). The van der Waals surface area contributed by atoms with E-state index >= 15 is 0 Å². The lowest BCUT2D eigenvalue weighted by Gasteiger charge is -2.10. The first-order chi connectivity index (χ1) is 8.97. The molecule has 0 aliphatic carbocycles. The van der Waals surface area contributed by atoms with Crippen molar-refractivity contribution in [2.24, 2.45) is 0 Å². The lowest BCUT2D eigenvalue weighted by Crippen LogP contribution is -2.31. The number of thioether (sulfide) groups is 1. The maximum absolute atomic E-state index is 11.6. The van der Waals surface area contributed by atoms with Crippen LogP contribution in [0.25, 0.3) is 0 Å². The molecule has 5 nitrogen and oxygen atoms in total. The first-order valence-corrected chi connectivity index (χ1v) is 7.27. The highest BCUT2D eigenvalue weighted by molar-refractivity contribution is 7.98. The zero-order valence-corrected chi connectivity index (χ0v) is 12.5. The highest BCUT2D eigenvalue weighted by Gasteiger charge is 2.11. The summed E-state index contributed by atoms with van der Waals surface area (Å²) in [5.74, 6) is -0.123. The molecule has 1 N–H and O–H groups in total. The summed E-state index contributed by atoms with van der Waals surface area (Å²) in [4.78, 5) is 20.4. The van der Waals surface area contributed by atoms with Crippen LogP contribution in [0.3, 0.4) is 0 Å². The molecule has 1 atom stereocenters. The number of nitriles is 1. The molecule has 0 radical (unpaired) electrons. The van der Waals surface area contributed by atoms with Crippen molar-refractivity contribution in [3.63, 3.8) is 0 Å². The van der Waals surface area contributed by atoms with Gasteiger partial charge in [0.2, 0.25) is 5.91 Å². The summed E-state index contributed by atoms with van der Waals surface area (Å²) in [6, 6.07) is 1.52. The second kappa shape index (κ2) is 7.10. The van der Waals surface area contributed by atoms with E-state index in [1.807, 2.05) is 26.2 Å². The molecule has 1 heterocycles. The smallest absolute Gasteiger partial charge is 0.221 e. The fourth-order valence-corrected chi connectivity index (χ4v) is 2.20. The third kappa shape index (κ3) is 4.52. The Hall–Kier alpha value is -1.61. The third-order valence-corrected chi connectivity index (χ3v) is 3.30. The van der Waals surface area contributed by atoms with Gasteiger partial charge < -0.3 is 5.32 Å². The average Bonchev–Trinajstić information content (AvgIpc) is 2.37. The fourth-order valence-electron chi connectivity index (χ4n) is 1.75. The van der Waals surface area contributed by atoms with E-state index in [-0.39, 0.29) is 5.91 Å². The van der Waals surface area contributed by atoms with Gasteiger partial charge in [-0.2, -0.15) is 5.26 Å². The van der Waals surface area contributed by atoms with E-state index in [0.717, 1.165) is 22.1 Å². The fraction of sp³-hybridized carbons (Fsp3) is 0.538. The van der Waals surface area contributed by atoms with Crippen LogP contribution in [-0.2, 0) is 11.2 Å². The van der Waals surface area contributed by atoms with Crippen molar-refractivity contribution in [2.75, 3.05) is 6.26 Å². The SMILES string of the molecule is CSc1nc(C)c(CCC(=O)NC(C)C#N)c(C)n1. The summed E-state index contributed by atoms with van der Waals surface area (Å²) < 4.78 is 0. The van der Waals surface area contributed by atoms with Gasteiger partial charge in [0.1, 0.15) is 6.04 Å². The number of aromatic nitrogens is 2. The van der Waals surface area contributed by atoms with Crippen molar-refractivity contribution in [2.45, 2.75) is 44.8 Å². The molecular weight excluding hydrogens is 260 g/mol. The molecule has 102 valence electrons. The molecule has 0 saturated heterocycles. The molecule has 0 aliphatic rings. The molecule has 0 aliphatic heterocycles. The quantitative estimate of drug-likeness (QED) is 0.656. The van der Waals surface area contributed by atoms with Crippen LogP contribution in [-0.4, -0.2) is 28.2 Å². The maximum Gasteiger partial charge on any atom is 0.221 e. The van der Waals surface area contributed by atoms with Gasteiger partial charge in [0.15, 0.2) is 5.16 Å². The van der Waals surface area contributed by atoms with Crippen LogP contribution in [0.5, 0.6) is 0 Å². The van der Waals surface area contributed by atoms with Crippen molar-refractivity contribution in [3.8, 4) is 6.07 Å². The molecule has 1 aromatic heterocycles. The summed E-state index contributed by atoms with van der Waals surface area (Å²) in [5, 5.41) is 12.0. The number of carbonyl (C=O) groups excluding carboxylic acids is 1. The standard InChI is InChI=1S/C13H18N4OS/c1-8(7-14)15-12(18)6-5-11-9(2)16-13(19-4)17-10(11)3/h8H,5-6H2,1-4H3,(H,15,18). The number of carbonyl (C=O) groups is 1. The van der Waals surface area contributed by atoms with Crippen LogP contribution < -0.4 is 5.32 Å². The van der Waals surface area contributed by atoms with Crippen LogP contribution in [0.1, 0.15) is 30.3 Å². The Kier molecular flexibility index (Phi) is 5.77. The molecule has 0 aromatic carbocycles. The third-order valence-electron chi connectivity index (χ3n) is 2.76. The second-order valence-corrected chi connectivity index (χ2v) is 5.05. The minimum Gasteiger partial charge on any atom is -0.341 e. The van der Waals surface area contributed by atoms with E-state index in [1.165, 1.54) is 11.8 Å². The molecule has 19 heavy (non-hydrogen) atoms. The highest BCUT2D eigenvalue weighted by Crippen LogP contribution is 2.16. The number of amides is 1. The normalized spacial score (nSPS) is 11.7. The van der Waals surface area contributed by atoms with Crippen molar-refractivity contribution in [1.82, 2.24) is 15.3 Å². The Morgan fingerprint density at radius 3 is 2.47 bits per heavy atom. The minimum absolute atomic E-state index is 0.123. The van der Waals surface area contributed by atoms with E-state index in [0.29, 0.717) is 12.8 Å². The number of aryl methyl sites for hydroxylation is 2. The van der Waals surface area contributed by atoms with Gasteiger partial charge in [0.05, 0.1) is 6.07 Å². The highest BCUT2D eigenvalue weighted by atomic mass is 32.2. The van der Waals surface area contributed by atoms with Crippen LogP contribution in [0.2, 0.25) is 0 Å². The number of rotatable bonds is 5. The zero-order chi connectivity index (χ0) is 14.4. The summed E-state index contributed by atoms with van der Waals surface area (Å²) in [7, 11) is 0. The molecular formula is C13H18N4OS. The van der Waals surface area contributed by atoms with E-state index in [1.54, 1.807) is 6.92 Å².